The first-order valence-electron chi connectivity index (χ1n) is 3.39. The third-order valence-electron chi connectivity index (χ3n) is 0.928. The van der Waals surface area contributed by atoms with Crippen LogP contribution in [0.15, 0.2) is 23.5 Å². The fourth-order valence-corrected chi connectivity index (χ4v) is 0.501. The summed E-state index contributed by atoms with van der Waals surface area (Å²) < 4.78 is 38.2. The van der Waals surface area contributed by atoms with Gasteiger partial charge in [0, 0.05) is 0 Å². The number of hydrogen-bond donors (Lipinski definition) is 0. The van der Waals surface area contributed by atoms with Crippen molar-refractivity contribution in [2.24, 2.45) is 0 Å². The Bertz CT molecular complexity index is 197. The van der Waals surface area contributed by atoms with Gasteiger partial charge in [0.05, 0.1) is 0 Å². The van der Waals surface area contributed by atoms with Crippen molar-refractivity contribution in [3.05, 3.63) is 23.5 Å². The summed E-state index contributed by atoms with van der Waals surface area (Å²) in [5.74, 6) is -0.163. The summed E-state index contributed by atoms with van der Waals surface area (Å²) >= 11 is 0. The molecule has 0 aliphatic rings. The predicted molar refractivity (Wildman–Crippen MR) is 40.3 cm³/mol. The fourth-order valence-electron chi connectivity index (χ4n) is 0.501. The Labute approximate surface area is 69.5 Å². The number of alkyl halides is 3. The Morgan fingerprint density at radius 1 is 1.08 bits per heavy atom. The van der Waals surface area contributed by atoms with Gasteiger partial charge >= 0.3 is 6.36 Å². The van der Waals surface area contributed by atoms with E-state index >= 15 is 0 Å². The first-order valence-corrected chi connectivity index (χ1v) is 3.39. The van der Waals surface area contributed by atoms with Crippen LogP contribution in [0.2, 0.25) is 0 Å². The van der Waals surface area contributed by atoms with E-state index in [1.54, 1.807) is 19.9 Å². The molecule has 0 heterocycles. The van der Waals surface area contributed by atoms with Crippen molar-refractivity contribution in [2.75, 3.05) is 0 Å². The molecule has 0 fully saturated rings. The first-order chi connectivity index (χ1) is 5.31. The van der Waals surface area contributed by atoms with E-state index in [2.05, 4.69) is 4.74 Å². The van der Waals surface area contributed by atoms with Gasteiger partial charge in [-0.1, -0.05) is 11.6 Å². The Morgan fingerprint density at radius 3 is 1.92 bits per heavy atom. The van der Waals surface area contributed by atoms with Crippen LogP contribution in [-0.2, 0) is 4.74 Å². The van der Waals surface area contributed by atoms with Crippen molar-refractivity contribution < 1.29 is 17.9 Å². The maximum Gasteiger partial charge on any atom is 0.572 e. The average molecular weight is 180 g/mol. The summed E-state index contributed by atoms with van der Waals surface area (Å²) in [7, 11) is 0. The predicted octanol–water partition coefficient (Wildman–Crippen LogP) is 3.39. The van der Waals surface area contributed by atoms with E-state index < -0.39 is 6.36 Å². The molecule has 0 aliphatic carbocycles. The second-order valence-corrected chi connectivity index (χ2v) is 2.57. The van der Waals surface area contributed by atoms with E-state index in [-0.39, 0.29) is 5.76 Å². The lowest BCUT2D eigenvalue weighted by Crippen LogP contribution is -2.11. The van der Waals surface area contributed by atoms with Crippen molar-refractivity contribution in [1.29, 1.82) is 0 Å². The molecule has 0 bridgehead atoms. The van der Waals surface area contributed by atoms with Crippen LogP contribution < -0.4 is 0 Å². The highest BCUT2D eigenvalue weighted by Gasteiger charge is 2.30. The monoisotopic (exact) mass is 180 g/mol. The van der Waals surface area contributed by atoms with Crippen LogP contribution in [0, 0.1) is 0 Å². The van der Waals surface area contributed by atoms with Gasteiger partial charge in [0.1, 0.15) is 5.76 Å². The number of ether oxygens (including phenoxy) is 1. The molecule has 0 saturated heterocycles. The lowest BCUT2D eigenvalue weighted by Gasteiger charge is -2.07. The van der Waals surface area contributed by atoms with E-state index in [0.29, 0.717) is 0 Å². The third kappa shape index (κ3) is 7.18. The highest BCUT2D eigenvalue weighted by atomic mass is 19.4. The molecule has 12 heavy (non-hydrogen) atoms. The summed E-state index contributed by atoms with van der Waals surface area (Å²) in [6, 6.07) is 0. The molecule has 0 rings (SSSR count). The summed E-state index contributed by atoms with van der Waals surface area (Å²) in [6.45, 7) is 4.83. The van der Waals surface area contributed by atoms with Crippen molar-refractivity contribution in [3.63, 3.8) is 0 Å². The van der Waals surface area contributed by atoms with Crippen LogP contribution in [0.25, 0.3) is 0 Å². The van der Waals surface area contributed by atoms with Gasteiger partial charge in [0.15, 0.2) is 0 Å². The molecular weight excluding hydrogens is 169 g/mol. The molecule has 0 unspecified atom stereocenters. The molecule has 0 N–H and O–H groups in total. The Hall–Kier alpha value is -0.930. The summed E-state index contributed by atoms with van der Waals surface area (Å²) in [5.41, 5.74) is 0.917. The van der Waals surface area contributed by atoms with E-state index in [1.165, 1.54) is 13.0 Å². The molecule has 0 radical (unpaired) electrons. The molecule has 0 aromatic heterocycles. The normalized spacial score (nSPS) is 12.7. The van der Waals surface area contributed by atoms with Gasteiger partial charge in [-0.05, 0) is 26.8 Å². The minimum Gasteiger partial charge on any atom is -0.411 e. The Morgan fingerprint density at radius 2 is 1.58 bits per heavy atom. The molecule has 0 saturated carbocycles. The van der Waals surface area contributed by atoms with Crippen molar-refractivity contribution >= 4 is 0 Å². The fraction of sp³-hybridized carbons (Fsp3) is 0.500. The van der Waals surface area contributed by atoms with Gasteiger partial charge in [0.2, 0.25) is 0 Å². The highest BCUT2D eigenvalue weighted by Crippen LogP contribution is 2.20. The van der Waals surface area contributed by atoms with Crippen LogP contribution in [0.5, 0.6) is 0 Å². The quantitative estimate of drug-likeness (QED) is 0.467. The van der Waals surface area contributed by atoms with Gasteiger partial charge in [-0.25, -0.2) is 0 Å². The zero-order valence-electron chi connectivity index (χ0n) is 7.20. The minimum atomic E-state index is -4.59. The molecule has 1 nitrogen and oxygen atoms in total. The van der Waals surface area contributed by atoms with Crippen LogP contribution in [0.1, 0.15) is 20.8 Å². The zero-order valence-corrected chi connectivity index (χ0v) is 7.20. The van der Waals surface area contributed by atoms with Gasteiger partial charge in [-0.15, -0.1) is 13.2 Å². The van der Waals surface area contributed by atoms with Gasteiger partial charge in [0.25, 0.3) is 0 Å². The summed E-state index contributed by atoms with van der Waals surface area (Å²) in [5, 5.41) is 0. The number of halogens is 3. The van der Waals surface area contributed by atoms with Crippen LogP contribution in [0.3, 0.4) is 0 Å². The SMILES string of the molecule is CC(C)=C/C=C(\C)OC(F)(F)F. The third-order valence-corrected chi connectivity index (χ3v) is 0.928. The highest BCUT2D eigenvalue weighted by molar-refractivity contribution is 5.10. The number of allylic oxidation sites excluding steroid dienone is 4. The molecule has 0 aromatic rings. The van der Waals surface area contributed by atoms with Crippen molar-refractivity contribution in [3.8, 4) is 0 Å². The lowest BCUT2D eigenvalue weighted by molar-refractivity contribution is -0.305. The Kier molecular flexibility index (Phi) is 3.86. The van der Waals surface area contributed by atoms with E-state index in [0.717, 1.165) is 5.57 Å². The molecule has 0 aliphatic heterocycles. The molecule has 0 aromatic carbocycles. The van der Waals surface area contributed by atoms with Crippen LogP contribution in [0.4, 0.5) is 13.2 Å². The first kappa shape index (κ1) is 11.1. The van der Waals surface area contributed by atoms with E-state index in [1.807, 2.05) is 0 Å². The van der Waals surface area contributed by atoms with E-state index in [4.69, 9.17) is 0 Å². The maximum atomic E-state index is 11.5. The Balaban J connectivity index is 4.13. The van der Waals surface area contributed by atoms with Crippen molar-refractivity contribution in [1.82, 2.24) is 0 Å². The largest absolute Gasteiger partial charge is 0.572 e. The van der Waals surface area contributed by atoms with Crippen LogP contribution >= 0.6 is 0 Å². The smallest absolute Gasteiger partial charge is 0.411 e. The average Bonchev–Trinajstić information content (AvgIpc) is 1.79. The van der Waals surface area contributed by atoms with Gasteiger partial charge in [-0.2, -0.15) is 0 Å². The van der Waals surface area contributed by atoms with Gasteiger partial charge < -0.3 is 4.74 Å². The summed E-state index contributed by atoms with van der Waals surface area (Å²) in [4.78, 5) is 0. The molecule has 70 valence electrons. The van der Waals surface area contributed by atoms with E-state index in [9.17, 15) is 13.2 Å². The van der Waals surface area contributed by atoms with Gasteiger partial charge in [-0.3, -0.25) is 0 Å². The van der Waals surface area contributed by atoms with Crippen molar-refractivity contribution in [2.45, 2.75) is 27.1 Å². The molecule has 0 atom stereocenters. The lowest BCUT2D eigenvalue weighted by atomic mass is 10.3. The maximum absolute atomic E-state index is 11.5. The second-order valence-electron chi connectivity index (χ2n) is 2.57. The van der Waals surface area contributed by atoms with Crippen LogP contribution in [-0.4, -0.2) is 6.36 Å². The zero-order chi connectivity index (χ0) is 9.78. The number of hydrogen-bond acceptors (Lipinski definition) is 1. The topological polar surface area (TPSA) is 9.23 Å². The molecular formula is C8H11F3O. The minimum absolute atomic E-state index is 0.163. The second kappa shape index (κ2) is 4.18. The molecule has 4 heteroatoms. The standard InChI is InChI=1S/C8H11F3O/c1-6(2)4-5-7(3)12-8(9,10)11/h4-5H,1-3H3/b7-5+. The number of rotatable bonds is 2. The summed E-state index contributed by atoms with van der Waals surface area (Å²) in [6.07, 6.45) is -1.75. The molecule has 0 spiro atoms. The molecule has 0 amide bonds.